The number of rotatable bonds is 6. The lowest BCUT2D eigenvalue weighted by atomic mass is 10.0. The van der Waals surface area contributed by atoms with Crippen molar-refractivity contribution in [3.05, 3.63) is 35.2 Å². The Labute approximate surface area is 170 Å². The van der Waals surface area contributed by atoms with Crippen LogP contribution in [-0.4, -0.2) is 60.2 Å². The van der Waals surface area contributed by atoms with Crippen molar-refractivity contribution in [2.75, 3.05) is 25.1 Å². The van der Waals surface area contributed by atoms with E-state index >= 15 is 0 Å². The van der Waals surface area contributed by atoms with Gasteiger partial charge < -0.3 is 9.64 Å². The number of H-pyrrole nitrogens is 1. The predicted octanol–water partition coefficient (Wildman–Crippen LogP) is 2.39. The number of carbonyl (C=O) groups is 1. The Kier molecular flexibility index (Phi) is 6.55. The third kappa shape index (κ3) is 5.47. The number of hydrazone groups is 1. The van der Waals surface area contributed by atoms with Gasteiger partial charge in [-0.1, -0.05) is 0 Å². The molecule has 1 aliphatic rings. The van der Waals surface area contributed by atoms with Gasteiger partial charge in [0.2, 0.25) is 0 Å². The number of aromatic nitrogens is 3. The van der Waals surface area contributed by atoms with Gasteiger partial charge in [0, 0.05) is 29.9 Å². The molecule has 1 saturated heterocycles. The second-order valence-corrected chi connectivity index (χ2v) is 6.67. The Morgan fingerprint density at radius 1 is 1.37 bits per heavy atom. The minimum Gasteiger partial charge on any atom is -0.496 e. The van der Waals surface area contributed by atoms with Gasteiger partial charge in [-0.05, 0) is 31.9 Å². The van der Waals surface area contributed by atoms with Crippen LogP contribution in [0.25, 0.3) is 0 Å². The Hall–Kier alpha value is -3.15. The molecular formula is C18H21F3N6O3. The summed E-state index contributed by atoms with van der Waals surface area (Å²) >= 11 is 0. The van der Waals surface area contributed by atoms with Crippen LogP contribution in [0.2, 0.25) is 0 Å². The monoisotopic (exact) mass is 426 g/mol. The van der Waals surface area contributed by atoms with Crippen LogP contribution in [0.1, 0.15) is 34.5 Å². The van der Waals surface area contributed by atoms with Crippen molar-refractivity contribution < 1.29 is 27.4 Å². The molecule has 1 aliphatic heterocycles. The summed E-state index contributed by atoms with van der Waals surface area (Å²) in [4.78, 5) is 13.8. The summed E-state index contributed by atoms with van der Waals surface area (Å²) < 4.78 is 46.9. The number of piperidine rings is 1. The third-order valence-corrected chi connectivity index (χ3v) is 4.69. The second kappa shape index (κ2) is 9.11. The largest absolute Gasteiger partial charge is 0.522 e. The summed E-state index contributed by atoms with van der Waals surface area (Å²) in [6, 6.07) is 3.60. The van der Waals surface area contributed by atoms with E-state index in [4.69, 9.17) is 4.74 Å². The molecule has 1 aromatic carbocycles. The Balaban J connectivity index is 1.71. The van der Waals surface area contributed by atoms with Gasteiger partial charge in [-0.2, -0.15) is 20.5 Å². The van der Waals surface area contributed by atoms with Gasteiger partial charge in [0.25, 0.3) is 5.91 Å². The quantitative estimate of drug-likeness (QED) is 0.543. The zero-order valence-corrected chi connectivity index (χ0v) is 16.4. The minimum absolute atomic E-state index is 0.0956. The average Bonchev–Trinajstić information content (AvgIpc) is 3.23. The normalized spacial score (nSPS) is 15.6. The molecule has 0 spiro atoms. The van der Waals surface area contributed by atoms with Crippen molar-refractivity contribution in [1.29, 1.82) is 0 Å². The molecule has 9 nitrogen and oxygen atoms in total. The zero-order valence-electron chi connectivity index (χ0n) is 16.4. The summed E-state index contributed by atoms with van der Waals surface area (Å²) in [5, 5.41) is 13.5. The molecule has 1 amide bonds. The molecule has 2 aromatic rings. The van der Waals surface area contributed by atoms with Crippen LogP contribution >= 0.6 is 0 Å². The zero-order chi connectivity index (χ0) is 21.7. The van der Waals surface area contributed by atoms with Gasteiger partial charge in [0.1, 0.15) is 5.75 Å². The lowest BCUT2D eigenvalue weighted by Crippen LogP contribution is -2.39. The lowest BCUT2D eigenvalue weighted by molar-refractivity contribution is -0.344. The molecule has 162 valence electrons. The standard InChI is InChI=1S/C18H21F3N6O3/c1-11-15(27-5-3-13(4-6-27)30-18(19,20)21)7-12(8-16(11)29-2)9-22-25-17(28)14-10-23-26-24-14/h7-10,13H,3-6H2,1-2H3,(H,25,28)(H,23,24,26)/b22-9+. The number of nitrogens with one attached hydrogen (secondary N) is 2. The van der Waals surface area contributed by atoms with Crippen molar-refractivity contribution in [2.24, 2.45) is 5.10 Å². The summed E-state index contributed by atoms with van der Waals surface area (Å²) in [7, 11) is 1.53. The first-order valence-electron chi connectivity index (χ1n) is 9.14. The van der Waals surface area contributed by atoms with Crippen LogP contribution in [0.3, 0.4) is 0 Å². The highest BCUT2D eigenvalue weighted by molar-refractivity contribution is 5.93. The highest BCUT2D eigenvalue weighted by atomic mass is 19.4. The maximum absolute atomic E-state index is 12.4. The van der Waals surface area contributed by atoms with Crippen LogP contribution in [0.5, 0.6) is 5.75 Å². The van der Waals surface area contributed by atoms with E-state index in [0.29, 0.717) is 24.4 Å². The number of carbonyl (C=O) groups excluding carboxylic acids is 1. The summed E-state index contributed by atoms with van der Waals surface area (Å²) in [6.45, 7) is 2.70. The Morgan fingerprint density at radius 3 is 2.70 bits per heavy atom. The number of amides is 1. The van der Waals surface area contributed by atoms with Crippen molar-refractivity contribution in [2.45, 2.75) is 32.2 Å². The fraction of sp³-hybridized carbons (Fsp3) is 0.444. The van der Waals surface area contributed by atoms with E-state index < -0.39 is 18.4 Å². The van der Waals surface area contributed by atoms with Gasteiger partial charge in [0.15, 0.2) is 5.69 Å². The molecule has 2 heterocycles. The number of benzene rings is 1. The van der Waals surface area contributed by atoms with Crippen LogP contribution in [0.4, 0.5) is 18.9 Å². The minimum atomic E-state index is -4.63. The maximum atomic E-state index is 12.4. The van der Waals surface area contributed by atoms with E-state index in [0.717, 1.165) is 11.3 Å². The van der Waals surface area contributed by atoms with E-state index in [9.17, 15) is 18.0 Å². The molecular weight excluding hydrogens is 405 g/mol. The van der Waals surface area contributed by atoms with E-state index in [2.05, 4.69) is 30.7 Å². The molecule has 1 fully saturated rings. The summed E-state index contributed by atoms with van der Waals surface area (Å²) in [6.07, 6.45) is -2.24. The maximum Gasteiger partial charge on any atom is 0.522 e. The van der Waals surface area contributed by atoms with Crippen LogP contribution < -0.4 is 15.1 Å². The van der Waals surface area contributed by atoms with Crippen molar-refractivity contribution in [3.8, 4) is 5.75 Å². The number of aromatic amines is 1. The molecule has 0 aliphatic carbocycles. The number of halogens is 3. The fourth-order valence-corrected chi connectivity index (χ4v) is 3.25. The first-order valence-corrected chi connectivity index (χ1v) is 9.14. The van der Waals surface area contributed by atoms with Crippen LogP contribution in [0, 0.1) is 6.92 Å². The molecule has 30 heavy (non-hydrogen) atoms. The second-order valence-electron chi connectivity index (χ2n) is 6.67. The lowest BCUT2D eigenvalue weighted by Gasteiger charge is -2.35. The summed E-state index contributed by atoms with van der Waals surface area (Å²) in [5.41, 5.74) is 4.77. The number of ether oxygens (including phenoxy) is 2. The van der Waals surface area contributed by atoms with Crippen molar-refractivity contribution in [3.63, 3.8) is 0 Å². The van der Waals surface area contributed by atoms with Gasteiger partial charge in [-0.25, -0.2) is 5.43 Å². The van der Waals surface area contributed by atoms with E-state index in [1.165, 1.54) is 19.5 Å². The molecule has 1 aromatic heterocycles. The van der Waals surface area contributed by atoms with Gasteiger partial charge >= 0.3 is 6.36 Å². The SMILES string of the molecule is COc1cc(/C=N/NC(=O)c2cn[nH]n2)cc(N2CCC(OC(F)(F)F)CC2)c1C. The molecule has 0 saturated carbocycles. The van der Waals surface area contributed by atoms with Gasteiger partial charge in [0.05, 0.1) is 25.6 Å². The number of methoxy groups -OCH3 is 1. The van der Waals surface area contributed by atoms with Crippen molar-refractivity contribution in [1.82, 2.24) is 20.8 Å². The molecule has 0 atom stereocenters. The average molecular weight is 426 g/mol. The Bertz CT molecular complexity index is 893. The highest BCUT2D eigenvalue weighted by Crippen LogP contribution is 2.33. The number of hydrogen-bond acceptors (Lipinski definition) is 7. The number of anilines is 1. The fourth-order valence-electron chi connectivity index (χ4n) is 3.25. The van der Waals surface area contributed by atoms with E-state index in [-0.39, 0.29) is 18.5 Å². The Morgan fingerprint density at radius 2 is 2.10 bits per heavy atom. The number of nitrogens with zero attached hydrogens (tertiary/aromatic N) is 4. The first kappa shape index (κ1) is 21.6. The number of alkyl halides is 3. The van der Waals surface area contributed by atoms with E-state index in [1.54, 1.807) is 6.07 Å². The first-order chi connectivity index (χ1) is 14.3. The third-order valence-electron chi connectivity index (χ3n) is 4.69. The van der Waals surface area contributed by atoms with Gasteiger partial charge in [-0.15, -0.1) is 13.2 Å². The molecule has 0 unspecified atom stereocenters. The molecule has 12 heteroatoms. The highest BCUT2D eigenvalue weighted by Gasteiger charge is 2.35. The molecule has 0 radical (unpaired) electrons. The molecule has 3 rings (SSSR count). The van der Waals surface area contributed by atoms with Crippen LogP contribution in [0.15, 0.2) is 23.4 Å². The van der Waals surface area contributed by atoms with Crippen molar-refractivity contribution >= 4 is 17.8 Å². The van der Waals surface area contributed by atoms with Gasteiger partial charge in [-0.3, -0.25) is 9.53 Å². The summed E-state index contributed by atoms with van der Waals surface area (Å²) in [5.74, 6) is 0.0801. The van der Waals surface area contributed by atoms with Crippen LogP contribution in [-0.2, 0) is 4.74 Å². The predicted molar refractivity (Wildman–Crippen MR) is 102 cm³/mol. The smallest absolute Gasteiger partial charge is 0.496 e. The number of hydrogen-bond donors (Lipinski definition) is 2. The molecule has 0 bridgehead atoms. The van der Waals surface area contributed by atoms with E-state index in [1.807, 2.05) is 17.9 Å². The molecule has 2 N–H and O–H groups in total. The topological polar surface area (TPSA) is 105 Å².